The summed E-state index contributed by atoms with van der Waals surface area (Å²) in [5, 5.41) is 7.85. The van der Waals surface area contributed by atoms with Crippen molar-refractivity contribution in [3.05, 3.63) is 149 Å². The zero-order chi connectivity index (χ0) is 32.8. The summed E-state index contributed by atoms with van der Waals surface area (Å²) < 4.78 is 6.73. The van der Waals surface area contributed by atoms with Gasteiger partial charge in [-0.15, -0.1) is 5.73 Å². The highest BCUT2D eigenvalue weighted by Crippen LogP contribution is 2.35. The van der Waals surface area contributed by atoms with Crippen molar-refractivity contribution in [2.75, 3.05) is 6.54 Å². The standard InChI is InChI=1S/C41H44N2O2/c1-7-8-13-35-20-22-40(39-16-10-9-14-34(23-24-42)19-17-29(39)2)41(27-35)45-38-26-31(4)30(3)25-37(28-38)36(21-18-33(6)44)15-11-12-32(5)43/h7,10,14-15,17,19-20,22,25-28,43H,1-3,9,11-12,18,21,23-24,42H2,4-6H3/b19-17-,34-14+,36-15-,43-32?. The van der Waals surface area contributed by atoms with Crippen LogP contribution in [0.3, 0.4) is 0 Å². The first-order chi connectivity index (χ1) is 21.6. The summed E-state index contributed by atoms with van der Waals surface area (Å²) in [6.45, 7) is 18.4. The maximum atomic E-state index is 11.9. The fourth-order valence-corrected chi connectivity index (χ4v) is 4.80. The normalized spacial score (nSPS) is 17.0. The second-order valence-electron chi connectivity index (χ2n) is 11.2. The second-order valence-corrected chi connectivity index (χ2v) is 11.2. The Labute approximate surface area is 269 Å². The predicted molar refractivity (Wildman–Crippen MR) is 190 cm³/mol. The minimum atomic E-state index is 0.130. The van der Waals surface area contributed by atoms with Crippen LogP contribution >= 0.6 is 0 Å². The van der Waals surface area contributed by atoms with E-state index in [1.54, 1.807) is 13.0 Å². The zero-order valence-electron chi connectivity index (χ0n) is 26.9. The van der Waals surface area contributed by atoms with Gasteiger partial charge in [0.1, 0.15) is 17.3 Å². The SMILES string of the molecule is C=CC#Cc1ccc(C2=C=CC/C=C(CCN)\C=C/C2=C)c(OC2=CC(/C(=C\CCC(C)=N)CCC(C)=O)=CC(=C)C(C)=C2)c1. The number of rotatable bonds is 12. The number of ketones is 1. The van der Waals surface area contributed by atoms with E-state index in [2.05, 4.69) is 55.5 Å². The third kappa shape index (κ3) is 10.9. The summed E-state index contributed by atoms with van der Waals surface area (Å²) in [6.07, 6.45) is 21.9. The Kier molecular flexibility index (Phi) is 13.3. The Hall–Kier alpha value is -4.94. The molecule has 2 aliphatic carbocycles. The van der Waals surface area contributed by atoms with Crippen molar-refractivity contribution in [1.82, 2.24) is 0 Å². The van der Waals surface area contributed by atoms with Crippen LogP contribution in [-0.2, 0) is 4.79 Å². The lowest BCUT2D eigenvalue weighted by molar-refractivity contribution is -0.116. The van der Waals surface area contributed by atoms with E-state index in [1.165, 1.54) is 0 Å². The van der Waals surface area contributed by atoms with Gasteiger partial charge in [0.25, 0.3) is 0 Å². The van der Waals surface area contributed by atoms with Crippen molar-refractivity contribution >= 4 is 17.1 Å². The molecule has 0 radical (unpaired) electrons. The summed E-state index contributed by atoms with van der Waals surface area (Å²) in [4.78, 5) is 11.9. The van der Waals surface area contributed by atoms with E-state index in [1.807, 2.05) is 62.4 Å². The van der Waals surface area contributed by atoms with Crippen LogP contribution in [0.4, 0.5) is 0 Å². The van der Waals surface area contributed by atoms with E-state index in [4.69, 9.17) is 15.9 Å². The van der Waals surface area contributed by atoms with Gasteiger partial charge in [-0.05, 0) is 136 Å². The number of nitrogens with one attached hydrogen (secondary N) is 1. The molecule has 0 saturated carbocycles. The highest BCUT2D eigenvalue weighted by molar-refractivity contribution is 5.84. The molecule has 4 nitrogen and oxygen atoms in total. The largest absolute Gasteiger partial charge is 0.457 e. The first kappa shape index (κ1) is 34.5. The maximum absolute atomic E-state index is 11.9. The van der Waals surface area contributed by atoms with Gasteiger partial charge in [0, 0.05) is 28.8 Å². The molecule has 0 fully saturated rings. The number of carbonyl (C=O) groups excluding carboxylic acids is 1. The van der Waals surface area contributed by atoms with Crippen LogP contribution in [0, 0.1) is 17.3 Å². The Morgan fingerprint density at radius 2 is 1.91 bits per heavy atom. The van der Waals surface area contributed by atoms with E-state index >= 15 is 0 Å². The molecule has 0 bridgehead atoms. The number of benzene rings is 1. The van der Waals surface area contributed by atoms with Crippen LogP contribution in [0.5, 0.6) is 5.75 Å². The molecule has 2 aliphatic rings. The van der Waals surface area contributed by atoms with Crippen molar-refractivity contribution in [2.45, 2.75) is 59.3 Å². The van der Waals surface area contributed by atoms with Gasteiger partial charge in [0.15, 0.2) is 0 Å². The third-order valence-electron chi connectivity index (χ3n) is 7.31. The average Bonchev–Trinajstić information content (AvgIpc) is 3.06. The topological polar surface area (TPSA) is 76.2 Å². The van der Waals surface area contributed by atoms with Crippen LogP contribution < -0.4 is 10.5 Å². The van der Waals surface area contributed by atoms with Crippen molar-refractivity contribution in [3.63, 3.8) is 0 Å². The molecule has 3 N–H and O–H groups in total. The zero-order valence-corrected chi connectivity index (χ0v) is 26.9. The van der Waals surface area contributed by atoms with Crippen molar-refractivity contribution in [2.24, 2.45) is 5.73 Å². The lowest BCUT2D eigenvalue weighted by atomic mass is 9.95. The van der Waals surface area contributed by atoms with Crippen LogP contribution in [0.25, 0.3) is 5.57 Å². The molecule has 230 valence electrons. The molecule has 0 atom stereocenters. The minimum Gasteiger partial charge on any atom is -0.457 e. The average molecular weight is 597 g/mol. The maximum Gasteiger partial charge on any atom is 0.137 e. The van der Waals surface area contributed by atoms with Crippen LogP contribution in [0.15, 0.2) is 138 Å². The second kappa shape index (κ2) is 17.4. The van der Waals surface area contributed by atoms with Crippen molar-refractivity contribution in [3.8, 4) is 17.6 Å². The highest BCUT2D eigenvalue weighted by Gasteiger charge is 2.17. The van der Waals surface area contributed by atoms with E-state index in [-0.39, 0.29) is 5.78 Å². The Morgan fingerprint density at radius 3 is 2.62 bits per heavy atom. The number of carbonyl (C=O) groups is 1. The Morgan fingerprint density at radius 1 is 1.11 bits per heavy atom. The van der Waals surface area contributed by atoms with Gasteiger partial charge in [-0.3, -0.25) is 0 Å². The van der Waals surface area contributed by atoms with Crippen LogP contribution in [0.2, 0.25) is 0 Å². The molecule has 1 aromatic carbocycles. The Bertz CT molecular complexity index is 1700. The van der Waals surface area contributed by atoms with E-state index in [0.717, 1.165) is 69.4 Å². The fourth-order valence-electron chi connectivity index (χ4n) is 4.80. The van der Waals surface area contributed by atoms with Gasteiger partial charge >= 0.3 is 0 Å². The molecular formula is C41H44N2O2. The fraction of sp³-hybridized carbons (Fsp3) is 0.244. The smallest absolute Gasteiger partial charge is 0.137 e. The van der Waals surface area contributed by atoms with Gasteiger partial charge in [-0.2, -0.15) is 0 Å². The lowest BCUT2D eigenvalue weighted by Gasteiger charge is -2.16. The summed E-state index contributed by atoms with van der Waals surface area (Å²) in [6, 6.07) is 5.87. The molecule has 3 rings (SSSR count). The lowest BCUT2D eigenvalue weighted by Crippen LogP contribution is -2.00. The van der Waals surface area contributed by atoms with E-state index in [0.29, 0.717) is 43.0 Å². The van der Waals surface area contributed by atoms with Gasteiger partial charge in [0.2, 0.25) is 0 Å². The molecule has 1 aromatic rings. The van der Waals surface area contributed by atoms with Gasteiger partial charge in [-0.1, -0.05) is 61.5 Å². The summed E-state index contributed by atoms with van der Waals surface area (Å²) in [5.74, 6) is 7.42. The molecule has 0 aliphatic heterocycles. The first-order valence-corrected chi connectivity index (χ1v) is 15.3. The molecule has 0 heterocycles. The quantitative estimate of drug-likeness (QED) is 0.143. The van der Waals surface area contributed by atoms with Crippen molar-refractivity contribution in [1.29, 1.82) is 5.41 Å². The summed E-state index contributed by atoms with van der Waals surface area (Å²) in [5.41, 5.74) is 18.1. The first-order valence-electron chi connectivity index (χ1n) is 15.3. The summed E-state index contributed by atoms with van der Waals surface area (Å²) >= 11 is 0. The van der Waals surface area contributed by atoms with Crippen molar-refractivity contribution < 1.29 is 9.53 Å². The van der Waals surface area contributed by atoms with Crippen LogP contribution in [0.1, 0.15) is 70.4 Å². The number of allylic oxidation sites excluding steroid dienone is 14. The number of Topliss-reactive ketones (excluding diaryl/α,β-unsaturated/α-hetero) is 1. The Balaban J connectivity index is 2.13. The molecule has 0 saturated heterocycles. The summed E-state index contributed by atoms with van der Waals surface area (Å²) in [7, 11) is 0. The molecule has 45 heavy (non-hydrogen) atoms. The predicted octanol–water partition coefficient (Wildman–Crippen LogP) is 9.37. The monoisotopic (exact) mass is 596 g/mol. The number of hydrogen-bond donors (Lipinski definition) is 2. The third-order valence-corrected chi connectivity index (χ3v) is 7.31. The molecule has 0 unspecified atom stereocenters. The van der Waals surface area contributed by atoms with Gasteiger partial charge < -0.3 is 20.7 Å². The van der Waals surface area contributed by atoms with E-state index in [9.17, 15) is 4.79 Å². The van der Waals surface area contributed by atoms with E-state index < -0.39 is 0 Å². The molecule has 0 amide bonds. The number of nitrogens with two attached hydrogens (primary N) is 1. The molecule has 0 aromatic heterocycles. The number of ether oxygens (including phenoxy) is 1. The van der Waals surface area contributed by atoms with Gasteiger partial charge in [-0.25, -0.2) is 0 Å². The molecule has 0 spiro atoms. The highest BCUT2D eigenvalue weighted by atomic mass is 16.5. The number of hydrogen-bond acceptors (Lipinski definition) is 4. The van der Waals surface area contributed by atoms with Crippen LogP contribution in [-0.4, -0.2) is 18.0 Å². The minimum absolute atomic E-state index is 0.130. The van der Waals surface area contributed by atoms with Gasteiger partial charge in [0.05, 0.1) is 0 Å². The molecular weight excluding hydrogens is 552 g/mol. The molecule has 4 heteroatoms.